The molecule has 8 nitrogen and oxygen atoms in total. The second-order valence-electron chi connectivity index (χ2n) is 9.41. The summed E-state index contributed by atoms with van der Waals surface area (Å²) in [5.74, 6) is 0.749. The zero-order valence-corrected chi connectivity index (χ0v) is 23.8. The lowest BCUT2D eigenvalue weighted by Gasteiger charge is -2.23. The molecule has 0 saturated heterocycles. The average molecular weight is 551 g/mol. The van der Waals surface area contributed by atoms with Crippen molar-refractivity contribution in [3.63, 3.8) is 0 Å². The van der Waals surface area contributed by atoms with E-state index in [1.54, 1.807) is 4.90 Å². The molecule has 5 N–H and O–H groups in total. The summed E-state index contributed by atoms with van der Waals surface area (Å²) in [7, 11) is -4.57. The minimum atomic E-state index is -4.57. The first-order chi connectivity index (χ1) is 17.9. The number of phosphoric ester groups is 1. The predicted molar refractivity (Wildman–Crippen MR) is 153 cm³/mol. The lowest BCUT2D eigenvalue weighted by atomic mass is 10.1. The third-order valence-electron chi connectivity index (χ3n) is 6.28. The molecule has 0 unspecified atom stereocenters. The first-order valence-electron chi connectivity index (χ1n) is 13.6. The zero-order valence-electron chi connectivity index (χ0n) is 22.9. The first-order valence-corrected chi connectivity index (χ1v) is 15.1. The summed E-state index contributed by atoms with van der Waals surface area (Å²) in [6, 6.07) is 17.7. The number of amides is 1. The van der Waals surface area contributed by atoms with Crippen molar-refractivity contribution >= 4 is 13.7 Å². The summed E-state index contributed by atoms with van der Waals surface area (Å²) in [5.41, 5.74) is 2.12. The van der Waals surface area contributed by atoms with Gasteiger partial charge in [0.2, 0.25) is 5.91 Å². The van der Waals surface area contributed by atoms with Crippen LogP contribution in [-0.2, 0) is 26.7 Å². The molecule has 0 saturated carbocycles. The number of rotatable bonds is 20. The molecule has 2 aromatic rings. The van der Waals surface area contributed by atoms with Gasteiger partial charge in [-0.2, -0.15) is 0 Å². The van der Waals surface area contributed by atoms with Gasteiger partial charge in [0.05, 0.1) is 13.2 Å². The van der Waals surface area contributed by atoms with Crippen LogP contribution in [0.5, 0.6) is 5.75 Å². The molecule has 0 heterocycles. The van der Waals surface area contributed by atoms with Crippen molar-refractivity contribution in [3.05, 3.63) is 65.7 Å². The molecule has 0 spiro atoms. The van der Waals surface area contributed by atoms with Gasteiger partial charge in [-0.1, -0.05) is 94.3 Å². The van der Waals surface area contributed by atoms with E-state index >= 15 is 0 Å². The molecule has 2 rings (SSSR count). The summed E-state index contributed by atoms with van der Waals surface area (Å²) < 4.78 is 21.6. The van der Waals surface area contributed by atoms with Crippen LogP contribution < -0.4 is 10.9 Å². The van der Waals surface area contributed by atoms with E-state index in [-0.39, 0.29) is 25.2 Å². The second-order valence-corrected chi connectivity index (χ2v) is 10.7. The van der Waals surface area contributed by atoms with Gasteiger partial charge in [-0.3, -0.25) is 9.32 Å². The standard InChI is InChI=1S/C29H44NO6P.H3N/c1-2-3-4-5-6-7-8-12-23-35-28-17-13-16-27(25-28)18-19-29(31)30(22-24-36-37(32,33)34)21-20-26-14-10-9-11-15-26;/h9-11,13-17,25H,2-8,12,18-24H2,1H3,(H2,32,33,34);1H3. The fraction of sp³-hybridized carbons (Fsp3) is 0.552. The number of benzene rings is 2. The summed E-state index contributed by atoms with van der Waals surface area (Å²) in [6.07, 6.45) is 11.6. The normalized spacial score (nSPS) is 11.1. The number of nitrogens with zero attached hydrogens (tertiary/aromatic N) is 1. The number of carbonyl (C=O) groups excluding carboxylic acids is 1. The van der Waals surface area contributed by atoms with E-state index in [9.17, 15) is 9.36 Å². The van der Waals surface area contributed by atoms with Gasteiger partial charge in [0, 0.05) is 19.5 Å². The number of phosphoric acid groups is 1. The predicted octanol–water partition coefficient (Wildman–Crippen LogP) is 6.48. The summed E-state index contributed by atoms with van der Waals surface area (Å²) in [6.45, 7) is 3.30. The minimum Gasteiger partial charge on any atom is -0.494 e. The molecule has 0 atom stereocenters. The van der Waals surface area contributed by atoms with Crippen molar-refractivity contribution in [1.29, 1.82) is 0 Å². The highest BCUT2D eigenvalue weighted by molar-refractivity contribution is 7.46. The van der Waals surface area contributed by atoms with Gasteiger partial charge >= 0.3 is 7.82 Å². The van der Waals surface area contributed by atoms with Gasteiger partial charge in [0.15, 0.2) is 0 Å². The Kier molecular flexibility index (Phi) is 17.6. The Morgan fingerprint density at radius 3 is 2.16 bits per heavy atom. The smallest absolute Gasteiger partial charge is 0.469 e. The summed E-state index contributed by atoms with van der Waals surface area (Å²) in [5, 5.41) is 0. The average Bonchev–Trinajstić information content (AvgIpc) is 2.88. The molecule has 0 bridgehead atoms. The topological polar surface area (TPSA) is 131 Å². The molecule has 0 radical (unpaired) electrons. The molecule has 0 aliphatic heterocycles. The highest BCUT2D eigenvalue weighted by Gasteiger charge is 2.18. The molecule has 0 aliphatic rings. The molecule has 38 heavy (non-hydrogen) atoms. The van der Waals surface area contributed by atoms with E-state index in [1.807, 2.05) is 54.6 Å². The maximum atomic E-state index is 13.0. The highest BCUT2D eigenvalue weighted by Crippen LogP contribution is 2.35. The van der Waals surface area contributed by atoms with Gasteiger partial charge in [-0.25, -0.2) is 4.57 Å². The van der Waals surface area contributed by atoms with E-state index in [0.717, 1.165) is 23.3 Å². The molecule has 0 aromatic heterocycles. The molecule has 1 amide bonds. The van der Waals surface area contributed by atoms with Gasteiger partial charge < -0.3 is 25.6 Å². The van der Waals surface area contributed by atoms with Crippen LogP contribution in [0.1, 0.15) is 75.8 Å². The van der Waals surface area contributed by atoms with Crippen molar-refractivity contribution in [2.75, 3.05) is 26.3 Å². The van der Waals surface area contributed by atoms with Gasteiger partial charge in [-0.05, 0) is 42.5 Å². The Hall–Kier alpha value is -2.22. The van der Waals surface area contributed by atoms with E-state index in [1.165, 1.54) is 44.9 Å². The van der Waals surface area contributed by atoms with Crippen LogP contribution in [0.25, 0.3) is 0 Å². The quantitative estimate of drug-likeness (QED) is 0.127. The Labute approximate surface area is 228 Å². The van der Waals surface area contributed by atoms with Crippen molar-refractivity contribution in [2.24, 2.45) is 0 Å². The van der Waals surface area contributed by atoms with Crippen LogP contribution in [0.3, 0.4) is 0 Å². The summed E-state index contributed by atoms with van der Waals surface area (Å²) >= 11 is 0. The summed E-state index contributed by atoms with van der Waals surface area (Å²) in [4.78, 5) is 32.5. The van der Waals surface area contributed by atoms with E-state index in [4.69, 9.17) is 14.5 Å². The lowest BCUT2D eigenvalue weighted by molar-refractivity contribution is -0.131. The Bertz CT molecular complexity index is 938. The van der Waals surface area contributed by atoms with E-state index < -0.39 is 7.82 Å². The van der Waals surface area contributed by atoms with Crippen LogP contribution in [0, 0.1) is 0 Å². The van der Waals surface area contributed by atoms with Crippen molar-refractivity contribution in [1.82, 2.24) is 11.1 Å². The largest absolute Gasteiger partial charge is 0.494 e. The Morgan fingerprint density at radius 2 is 1.47 bits per heavy atom. The SMILES string of the molecule is CCCCCCCCCCOc1cccc(CCC(=O)N(CCOP(=O)(O)O)CCc2ccccc2)c1.N. The second kappa shape index (κ2) is 19.8. The number of unbranched alkanes of at least 4 members (excludes halogenated alkanes) is 7. The molecular weight excluding hydrogens is 503 g/mol. The number of hydrogen-bond donors (Lipinski definition) is 3. The number of ether oxygens (including phenoxy) is 1. The number of hydrogen-bond acceptors (Lipinski definition) is 5. The van der Waals surface area contributed by atoms with Gasteiger partial charge in [0.1, 0.15) is 5.75 Å². The van der Waals surface area contributed by atoms with Crippen molar-refractivity contribution in [2.45, 2.75) is 77.6 Å². The van der Waals surface area contributed by atoms with Crippen LogP contribution in [0.15, 0.2) is 54.6 Å². The number of aryl methyl sites for hydroxylation is 1. The Morgan fingerprint density at radius 1 is 0.816 bits per heavy atom. The molecule has 0 fully saturated rings. The fourth-order valence-electron chi connectivity index (χ4n) is 4.17. The third-order valence-corrected chi connectivity index (χ3v) is 6.80. The molecular formula is C29H47N2O6P. The maximum Gasteiger partial charge on any atom is 0.469 e. The van der Waals surface area contributed by atoms with Crippen LogP contribution in [0.4, 0.5) is 0 Å². The maximum absolute atomic E-state index is 13.0. The van der Waals surface area contributed by atoms with Gasteiger partial charge in [-0.15, -0.1) is 0 Å². The van der Waals surface area contributed by atoms with Crippen LogP contribution in [0.2, 0.25) is 0 Å². The minimum absolute atomic E-state index is 0. The molecule has 214 valence electrons. The first kappa shape index (κ1) is 33.8. The molecule has 2 aromatic carbocycles. The third kappa shape index (κ3) is 15.9. The number of carbonyl (C=O) groups is 1. The van der Waals surface area contributed by atoms with Crippen molar-refractivity contribution in [3.8, 4) is 5.75 Å². The van der Waals surface area contributed by atoms with Gasteiger partial charge in [0.25, 0.3) is 0 Å². The fourth-order valence-corrected chi connectivity index (χ4v) is 4.49. The molecule has 0 aliphatic carbocycles. The van der Waals surface area contributed by atoms with E-state index in [2.05, 4.69) is 11.4 Å². The van der Waals surface area contributed by atoms with E-state index in [0.29, 0.717) is 32.4 Å². The Balaban J connectivity index is 0.00000722. The van der Waals surface area contributed by atoms with Crippen molar-refractivity contribution < 1.29 is 28.4 Å². The lowest BCUT2D eigenvalue weighted by Crippen LogP contribution is -2.35. The molecule has 9 heteroatoms. The van der Waals surface area contributed by atoms with Crippen LogP contribution in [-0.4, -0.2) is 46.9 Å². The van der Waals surface area contributed by atoms with Crippen LogP contribution >= 0.6 is 7.82 Å². The zero-order chi connectivity index (χ0) is 26.8. The highest BCUT2D eigenvalue weighted by atomic mass is 31.2. The monoisotopic (exact) mass is 550 g/mol.